The van der Waals surface area contributed by atoms with Gasteiger partial charge in [-0.1, -0.05) is 35.9 Å². The first-order valence-electron chi connectivity index (χ1n) is 9.32. The number of hydrogen-bond acceptors (Lipinski definition) is 3. The van der Waals surface area contributed by atoms with Crippen LogP contribution in [0.3, 0.4) is 0 Å². The third-order valence-electron chi connectivity index (χ3n) is 5.23. The molecule has 26 heavy (non-hydrogen) atoms. The molecule has 2 aromatic rings. The Bertz CT molecular complexity index is 788. The molecule has 1 amide bonds. The first-order chi connectivity index (χ1) is 12.7. The second-order valence-corrected chi connectivity index (χ2v) is 7.51. The Kier molecular flexibility index (Phi) is 5.14. The summed E-state index contributed by atoms with van der Waals surface area (Å²) in [6.07, 6.45) is 2.41. The smallest absolute Gasteiger partial charge is 0.241 e. The Hall–Kier alpha value is -2.04. The molecule has 4 rings (SSSR count). The Morgan fingerprint density at radius 2 is 1.69 bits per heavy atom. The normalized spacial score (nSPS) is 17.4. The van der Waals surface area contributed by atoms with Crippen LogP contribution in [0.1, 0.15) is 18.4 Å². The van der Waals surface area contributed by atoms with Gasteiger partial charge in [-0.15, -0.1) is 0 Å². The van der Waals surface area contributed by atoms with Crippen molar-refractivity contribution in [1.82, 2.24) is 4.90 Å². The van der Waals surface area contributed by atoms with Gasteiger partial charge in [0.25, 0.3) is 0 Å². The van der Waals surface area contributed by atoms with Crippen LogP contribution in [0, 0.1) is 0 Å². The maximum absolute atomic E-state index is 12.9. The van der Waals surface area contributed by atoms with Crippen molar-refractivity contribution in [3.05, 3.63) is 59.1 Å². The Morgan fingerprint density at radius 3 is 2.46 bits per heavy atom. The topological polar surface area (TPSA) is 26.8 Å². The molecular formula is C21H24ClN3O. The van der Waals surface area contributed by atoms with Gasteiger partial charge in [-0.25, -0.2) is 0 Å². The average Bonchev–Trinajstić information content (AvgIpc) is 3.15. The van der Waals surface area contributed by atoms with Crippen LogP contribution in [0.5, 0.6) is 0 Å². The summed E-state index contributed by atoms with van der Waals surface area (Å²) < 4.78 is 0. The van der Waals surface area contributed by atoms with Crippen LogP contribution in [0.2, 0.25) is 5.02 Å². The van der Waals surface area contributed by atoms with Crippen LogP contribution in [0.4, 0.5) is 11.4 Å². The molecule has 2 aromatic carbocycles. The number of fused-ring (bicyclic) bond motifs is 1. The molecule has 0 spiro atoms. The average molecular weight is 370 g/mol. The molecule has 5 heteroatoms. The summed E-state index contributed by atoms with van der Waals surface area (Å²) in [5.74, 6) is 0.210. The number of para-hydroxylation sites is 2. The van der Waals surface area contributed by atoms with Gasteiger partial charge in [0, 0.05) is 24.7 Å². The van der Waals surface area contributed by atoms with E-state index in [9.17, 15) is 4.79 Å². The predicted molar refractivity (Wildman–Crippen MR) is 107 cm³/mol. The number of likely N-dealkylation sites (tertiary alicyclic amines) is 1. The van der Waals surface area contributed by atoms with Crippen LogP contribution < -0.4 is 9.80 Å². The Balaban J connectivity index is 1.53. The van der Waals surface area contributed by atoms with E-state index in [1.54, 1.807) is 0 Å². The van der Waals surface area contributed by atoms with Gasteiger partial charge < -0.3 is 9.80 Å². The SMILES string of the molecule is O=C(CN1CCCC1)N1CCN(Cc2cccc(Cl)c2)c2ccccc21. The van der Waals surface area contributed by atoms with Crippen LogP contribution in [0.15, 0.2) is 48.5 Å². The van der Waals surface area contributed by atoms with E-state index in [-0.39, 0.29) is 5.91 Å². The zero-order valence-electron chi connectivity index (χ0n) is 14.9. The molecule has 0 aromatic heterocycles. The number of benzene rings is 2. The largest absolute Gasteiger partial charge is 0.364 e. The molecule has 0 N–H and O–H groups in total. The third kappa shape index (κ3) is 3.71. The fraction of sp³-hybridized carbons (Fsp3) is 0.381. The van der Waals surface area contributed by atoms with Crippen molar-refractivity contribution < 1.29 is 4.79 Å². The summed E-state index contributed by atoms with van der Waals surface area (Å²) in [5, 5.41) is 0.759. The summed E-state index contributed by atoms with van der Waals surface area (Å²) in [4.78, 5) is 19.4. The van der Waals surface area contributed by atoms with E-state index in [0.717, 1.165) is 49.1 Å². The van der Waals surface area contributed by atoms with Crippen LogP contribution in [-0.2, 0) is 11.3 Å². The highest BCUT2D eigenvalue weighted by molar-refractivity contribution is 6.30. The molecular weight excluding hydrogens is 346 g/mol. The highest BCUT2D eigenvalue weighted by Gasteiger charge is 2.28. The second kappa shape index (κ2) is 7.68. The lowest BCUT2D eigenvalue weighted by Gasteiger charge is -2.38. The molecule has 1 fully saturated rings. The monoisotopic (exact) mass is 369 g/mol. The molecule has 0 atom stereocenters. The molecule has 2 heterocycles. The van der Waals surface area contributed by atoms with Crippen molar-refractivity contribution in [2.75, 3.05) is 42.5 Å². The van der Waals surface area contributed by atoms with Crippen molar-refractivity contribution in [1.29, 1.82) is 0 Å². The predicted octanol–water partition coefficient (Wildman–Crippen LogP) is 3.79. The van der Waals surface area contributed by atoms with E-state index in [1.807, 2.05) is 35.2 Å². The highest BCUT2D eigenvalue weighted by atomic mass is 35.5. The van der Waals surface area contributed by atoms with E-state index in [2.05, 4.69) is 28.0 Å². The van der Waals surface area contributed by atoms with E-state index in [4.69, 9.17) is 11.6 Å². The number of carbonyl (C=O) groups excluding carboxylic acids is 1. The molecule has 2 aliphatic heterocycles. The standard InChI is InChI=1S/C21H24ClN3O/c22-18-7-5-6-17(14-18)15-24-12-13-25(20-9-2-1-8-19(20)24)21(26)16-23-10-3-4-11-23/h1-2,5-9,14H,3-4,10-13,15-16H2. The molecule has 0 saturated carbocycles. The van der Waals surface area contributed by atoms with Gasteiger partial charge in [0.2, 0.25) is 5.91 Å². The maximum Gasteiger partial charge on any atom is 0.241 e. The van der Waals surface area contributed by atoms with Gasteiger partial charge in [-0.2, -0.15) is 0 Å². The fourth-order valence-corrected chi connectivity index (χ4v) is 4.13. The Morgan fingerprint density at radius 1 is 0.923 bits per heavy atom. The number of nitrogens with zero attached hydrogens (tertiary/aromatic N) is 3. The summed E-state index contributed by atoms with van der Waals surface area (Å²) in [6, 6.07) is 16.2. The minimum absolute atomic E-state index is 0.210. The molecule has 2 aliphatic rings. The molecule has 136 valence electrons. The molecule has 0 radical (unpaired) electrons. The first kappa shape index (κ1) is 17.4. The number of halogens is 1. The van der Waals surface area contributed by atoms with Gasteiger partial charge in [-0.3, -0.25) is 9.69 Å². The maximum atomic E-state index is 12.9. The zero-order valence-corrected chi connectivity index (χ0v) is 15.7. The number of amides is 1. The first-order valence-corrected chi connectivity index (χ1v) is 9.70. The van der Waals surface area contributed by atoms with Crippen molar-refractivity contribution in [2.45, 2.75) is 19.4 Å². The number of rotatable bonds is 4. The van der Waals surface area contributed by atoms with E-state index in [1.165, 1.54) is 18.4 Å². The lowest BCUT2D eigenvalue weighted by molar-refractivity contribution is -0.119. The van der Waals surface area contributed by atoms with Crippen molar-refractivity contribution in [3.63, 3.8) is 0 Å². The van der Waals surface area contributed by atoms with Gasteiger partial charge in [0.1, 0.15) is 0 Å². The number of carbonyl (C=O) groups is 1. The Labute approximate surface area is 160 Å². The minimum Gasteiger partial charge on any atom is -0.364 e. The van der Waals surface area contributed by atoms with Crippen LogP contribution in [-0.4, -0.2) is 43.5 Å². The quantitative estimate of drug-likeness (QED) is 0.820. The van der Waals surface area contributed by atoms with Crippen molar-refractivity contribution in [3.8, 4) is 0 Å². The lowest BCUT2D eigenvalue weighted by atomic mass is 10.1. The number of anilines is 2. The zero-order chi connectivity index (χ0) is 17.9. The van der Waals surface area contributed by atoms with Crippen LogP contribution >= 0.6 is 11.6 Å². The molecule has 0 aliphatic carbocycles. The van der Waals surface area contributed by atoms with Gasteiger partial charge in [-0.05, 0) is 55.8 Å². The van der Waals surface area contributed by atoms with Gasteiger partial charge in [0.15, 0.2) is 0 Å². The summed E-state index contributed by atoms with van der Waals surface area (Å²) in [6.45, 7) is 4.97. The lowest BCUT2D eigenvalue weighted by Crippen LogP contribution is -2.47. The molecule has 0 unspecified atom stereocenters. The van der Waals surface area contributed by atoms with Gasteiger partial charge in [0.05, 0.1) is 17.9 Å². The fourth-order valence-electron chi connectivity index (χ4n) is 3.92. The minimum atomic E-state index is 0.210. The van der Waals surface area contributed by atoms with E-state index in [0.29, 0.717) is 6.54 Å². The van der Waals surface area contributed by atoms with Gasteiger partial charge >= 0.3 is 0 Å². The molecule has 0 bridgehead atoms. The molecule has 4 nitrogen and oxygen atoms in total. The number of hydrogen-bond donors (Lipinski definition) is 0. The van der Waals surface area contributed by atoms with E-state index >= 15 is 0 Å². The summed E-state index contributed by atoms with van der Waals surface area (Å²) >= 11 is 6.13. The highest BCUT2D eigenvalue weighted by Crippen LogP contribution is 2.34. The van der Waals surface area contributed by atoms with Crippen LogP contribution in [0.25, 0.3) is 0 Å². The van der Waals surface area contributed by atoms with Crippen molar-refractivity contribution in [2.24, 2.45) is 0 Å². The van der Waals surface area contributed by atoms with Crippen molar-refractivity contribution >= 4 is 28.9 Å². The second-order valence-electron chi connectivity index (χ2n) is 7.07. The summed E-state index contributed by atoms with van der Waals surface area (Å²) in [7, 11) is 0. The summed E-state index contributed by atoms with van der Waals surface area (Å²) in [5.41, 5.74) is 3.32. The third-order valence-corrected chi connectivity index (χ3v) is 5.46. The molecule has 1 saturated heterocycles. The van der Waals surface area contributed by atoms with E-state index < -0.39 is 0 Å².